The van der Waals surface area contributed by atoms with E-state index in [4.69, 9.17) is 5.11 Å². The van der Waals surface area contributed by atoms with Gasteiger partial charge in [-0.15, -0.1) is 0 Å². The molecular weight excluding hydrogens is 232 g/mol. The molecule has 0 fully saturated rings. The average molecular weight is 258 g/mol. The van der Waals surface area contributed by atoms with E-state index >= 15 is 0 Å². The Hall–Kier alpha value is -1.26. The summed E-state index contributed by atoms with van der Waals surface area (Å²) in [5.74, 6) is -1.09. The molecule has 0 aliphatic heterocycles. The van der Waals surface area contributed by atoms with Gasteiger partial charge < -0.3 is 15.7 Å². The van der Waals surface area contributed by atoms with Gasteiger partial charge in [-0.05, 0) is 26.2 Å². The number of nitrogens with one attached hydrogen (secondary N) is 2. The van der Waals surface area contributed by atoms with Gasteiger partial charge in [0.15, 0.2) is 0 Å². The van der Waals surface area contributed by atoms with Crippen LogP contribution in [0.15, 0.2) is 0 Å². The second kappa shape index (κ2) is 7.24. The Labute approximate surface area is 109 Å². The van der Waals surface area contributed by atoms with Gasteiger partial charge >= 0.3 is 12.0 Å². The van der Waals surface area contributed by atoms with Crippen molar-refractivity contribution in [2.24, 2.45) is 5.92 Å². The monoisotopic (exact) mass is 258 g/mol. The molecule has 106 valence electrons. The van der Waals surface area contributed by atoms with Crippen molar-refractivity contribution in [3.8, 4) is 0 Å². The highest BCUT2D eigenvalue weighted by Gasteiger charge is 2.27. The number of carbonyl (C=O) groups is 2. The summed E-state index contributed by atoms with van der Waals surface area (Å²) in [4.78, 5) is 22.9. The summed E-state index contributed by atoms with van der Waals surface area (Å²) in [7, 11) is 0. The maximum Gasteiger partial charge on any atom is 0.326 e. The Bertz CT molecular complexity index is 290. The molecule has 0 aromatic heterocycles. The molecule has 3 N–H and O–H groups in total. The molecule has 2 unspecified atom stereocenters. The van der Waals surface area contributed by atoms with E-state index in [9.17, 15) is 9.59 Å². The van der Waals surface area contributed by atoms with Crippen LogP contribution in [0, 0.1) is 5.92 Å². The smallest absolute Gasteiger partial charge is 0.326 e. The van der Waals surface area contributed by atoms with Gasteiger partial charge in [0.05, 0.1) is 0 Å². The molecule has 0 aliphatic rings. The van der Waals surface area contributed by atoms with Gasteiger partial charge in [-0.1, -0.05) is 33.6 Å². The third-order valence-electron chi connectivity index (χ3n) is 3.09. The zero-order valence-electron chi connectivity index (χ0n) is 12.0. The molecule has 0 aromatic carbocycles. The number of hydrogen-bond donors (Lipinski definition) is 3. The average Bonchev–Trinajstić information content (AvgIpc) is 2.23. The number of hydrogen-bond acceptors (Lipinski definition) is 2. The van der Waals surface area contributed by atoms with Crippen molar-refractivity contribution in [3.05, 3.63) is 0 Å². The highest BCUT2D eigenvalue weighted by atomic mass is 16.4. The molecule has 0 bridgehead atoms. The molecule has 5 heteroatoms. The Morgan fingerprint density at radius 1 is 1.28 bits per heavy atom. The number of carboxylic acids is 1. The van der Waals surface area contributed by atoms with E-state index < -0.39 is 18.0 Å². The maximum absolute atomic E-state index is 11.8. The van der Waals surface area contributed by atoms with Gasteiger partial charge in [-0.25, -0.2) is 9.59 Å². The number of aliphatic carboxylic acids is 1. The number of amides is 2. The maximum atomic E-state index is 11.8. The standard InChI is InChI=1S/C13H26N2O3/c1-6-8-13(4,5)15-12(18)14-10(11(16)17)9(3)7-2/h9-10H,6-8H2,1-5H3,(H,16,17)(H2,14,15,18). The van der Waals surface area contributed by atoms with Crippen LogP contribution in [0.2, 0.25) is 0 Å². The molecule has 2 amide bonds. The summed E-state index contributed by atoms with van der Waals surface area (Å²) in [6, 6.07) is -1.26. The fourth-order valence-electron chi connectivity index (χ4n) is 1.86. The van der Waals surface area contributed by atoms with E-state index in [0.29, 0.717) is 6.42 Å². The van der Waals surface area contributed by atoms with Crippen LogP contribution < -0.4 is 10.6 Å². The summed E-state index contributed by atoms with van der Waals surface area (Å²) < 4.78 is 0. The summed E-state index contributed by atoms with van der Waals surface area (Å²) in [5, 5.41) is 14.4. The quantitative estimate of drug-likeness (QED) is 0.656. The van der Waals surface area contributed by atoms with Crippen LogP contribution in [-0.4, -0.2) is 28.7 Å². The summed E-state index contributed by atoms with van der Waals surface area (Å²) in [6.45, 7) is 9.61. The second-order valence-electron chi connectivity index (χ2n) is 5.43. The van der Waals surface area contributed by atoms with E-state index in [0.717, 1.165) is 12.8 Å². The molecule has 2 atom stereocenters. The normalized spacial score (nSPS) is 14.7. The SMILES string of the molecule is CCCC(C)(C)NC(=O)NC(C(=O)O)C(C)CC. The topological polar surface area (TPSA) is 78.4 Å². The Morgan fingerprint density at radius 3 is 2.22 bits per heavy atom. The number of carbonyl (C=O) groups excluding carboxylic acids is 1. The Morgan fingerprint density at radius 2 is 1.83 bits per heavy atom. The summed E-state index contributed by atoms with van der Waals surface area (Å²) in [5.41, 5.74) is -0.322. The first-order valence-corrected chi connectivity index (χ1v) is 6.55. The van der Waals surface area contributed by atoms with Gasteiger partial charge in [0.25, 0.3) is 0 Å². The summed E-state index contributed by atoms with van der Waals surface area (Å²) >= 11 is 0. The molecular formula is C13H26N2O3. The minimum absolute atomic E-state index is 0.0949. The molecule has 18 heavy (non-hydrogen) atoms. The number of rotatable bonds is 7. The van der Waals surface area contributed by atoms with Gasteiger partial charge in [-0.3, -0.25) is 0 Å². The third kappa shape index (κ3) is 5.89. The molecule has 0 spiro atoms. The molecule has 0 aromatic rings. The van der Waals surface area contributed by atoms with Crippen LogP contribution in [-0.2, 0) is 4.79 Å². The Kier molecular flexibility index (Phi) is 6.73. The van der Waals surface area contributed by atoms with Crippen LogP contribution in [0.4, 0.5) is 4.79 Å². The first kappa shape index (κ1) is 16.7. The van der Waals surface area contributed by atoms with Crippen molar-refractivity contribution in [1.82, 2.24) is 10.6 Å². The van der Waals surface area contributed by atoms with Crippen molar-refractivity contribution < 1.29 is 14.7 Å². The highest BCUT2D eigenvalue weighted by Crippen LogP contribution is 2.11. The van der Waals surface area contributed by atoms with E-state index in [1.165, 1.54) is 0 Å². The van der Waals surface area contributed by atoms with Gasteiger partial charge in [0.2, 0.25) is 0 Å². The molecule has 0 saturated heterocycles. The fourth-order valence-corrected chi connectivity index (χ4v) is 1.86. The van der Waals surface area contributed by atoms with Crippen molar-refractivity contribution in [2.45, 2.75) is 65.5 Å². The van der Waals surface area contributed by atoms with Crippen molar-refractivity contribution >= 4 is 12.0 Å². The zero-order valence-corrected chi connectivity index (χ0v) is 12.0. The summed E-state index contributed by atoms with van der Waals surface area (Å²) in [6.07, 6.45) is 2.51. The predicted molar refractivity (Wildman–Crippen MR) is 71.5 cm³/mol. The largest absolute Gasteiger partial charge is 0.480 e. The molecule has 0 heterocycles. The van der Waals surface area contributed by atoms with Gasteiger partial charge in [0, 0.05) is 5.54 Å². The fraction of sp³-hybridized carbons (Fsp3) is 0.846. The van der Waals surface area contributed by atoms with Crippen molar-refractivity contribution in [1.29, 1.82) is 0 Å². The minimum atomic E-state index is -0.993. The van der Waals surface area contributed by atoms with Crippen LogP contribution in [0.25, 0.3) is 0 Å². The first-order chi connectivity index (χ1) is 8.23. The molecule has 0 rings (SSSR count). The Balaban J connectivity index is 4.48. The lowest BCUT2D eigenvalue weighted by atomic mass is 9.98. The number of urea groups is 1. The highest BCUT2D eigenvalue weighted by molar-refractivity contribution is 5.83. The third-order valence-corrected chi connectivity index (χ3v) is 3.09. The van der Waals surface area contributed by atoms with Gasteiger partial charge in [0.1, 0.15) is 6.04 Å². The molecule has 0 saturated carbocycles. The second-order valence-corrected chi connectivity index (χ2v) is 5.43. The lowest BCUT2D eigenvalue weighted by Gasteiger charge is -2.28. The lowest BCUT2D eigenvalue weighted by Crippen LogP contribution is -2.54. The van der Waals surface area contributed by atoms with Crippen LogP contribution in [0.3, 0.4) is 0 Å². The first-order valence-electron chi connectivity index (χ1n) is 6.55. The molecule has 5 nitrogen and oxygen atoms in total. The lowest BCUT2D eigenvalue weighted by molar-refractivity contribution is -0.140. The van der Waals surface area contributed by atoms with E-state index in [2.05, 4.69) is 10.6 Å². The van der Waals surface area contributed by atoms with E-state index in [1.807, 2.05) is 34.6 Å². The number of carboxylic acid groups (broad SMARTS) is 1. The van der Waals surface area contributed by atoms with Crippen LogP contribution in [0.5, 0.6) is 0 Å². The van der Waals surface area contributed by atoms with Crippen molar-refractivity contribution in [2.75, 3.05) is 0 Å². The molecule has 0 aliphatic carbocycles. The zero-order chi connectivity index (χ0) is 14.3. The van der Waals surface area contributed by atoms with E-state index in [-0.39, 0.29) is 11.5 Å². The minimum Gasteiger partial charge on any atom is -0.480 e. The van der Waals surface area contributed by atoms with E-state index in [1.54, 1.807) is 0 Å². The van der Waals surface area contributed by atoms with Crippen LogP contribution >= 0.6 is 0 Å². The predicted octanol–water partition coefficient (Wildman–Crippen LogP) is 2.36. The van der Waals surface area contributed by atoms with Crippen LogP contribution in [0.1, 0.15) is 53.9 Å². The van der Waals surface area contributed by atoms with Crippen molar-refractivity contribution in [3.63, 3.8) is 0 Å². The molecule has 0 radical (unpaired) electrons. The van der Waals surface area contributed by atoms with Gasteiger partial charge in [-0.2, -0.15) is 0 Å².